The maximum atomic E-state index is 5.86. The van der Waals surface area contributed by atoms with E-state index in [0.29, 0.717) is 5.82 Å². The molecule has 1 aromatic carbocycles. The van der Waals surface area contributed by atoms with Gasteiger partial charge in [0.15, 0.2) is 5.82 Å². The summed E-state index contributed by atoms with van der Waals surface area (Å²) < 4.78 is 6.42. The quantitative estimate of drug-likeness (QED) is 0.861. The van der Waals surface area contributed by atoms with Crippen LogP contribution in [0.2, 0.25) is 5.28 Å². The molecule has 0 unspecified atom stereocenters. The van der Waals surface area contributed by atoms with E-state index in [2.05, 4.69) is 30.9 Å². The zero-order chi connectivity index (χ0) is 13.1. The predicted molar refractivity (Wildman–Crippen MR) is 73.7 cm³/mol. The molecule has 1 heterocycles. The van der Waals surface area contributed by atoms with Crippen molar-refractivity contribution in [3.8, 4) is 17.4 Å². The highest BCUT2D eigenvalue weighted by molar-refractivity contribution is 9.10. The molecule has 94 valence electrons. The summed E-state index contributed by atoms with van der Waals surface area (Å²) in [5, 5.41) is 0.124. The second-order valence-corrected chi connectivity index (χ2v) is 5.14. The van der Waals surface area contributed by atoms with Crippen molar-refractivity contribution in [2.24, 2.45) is 0 Å². The minimum Gasteiger partial charge on any atom is -0.461 e. The van der Waals surface area contributed by atoms with E-state index >= 15 is 0 Å². The largest absolute Gasteiger partial charge is 0.461 e. The molecule has 4 nitrogen and oxygen atoms in total. The van der Waals surface area contributed by atoms with Gasteiger partial charge in [-0.25, -0.2) is 0 Å². The van der Waals surface area contributed by atoms with Crippen LogP contribution in [0.25, 0.3) is 11.4 Å². The highest BCUT2D eigenvalue weighted by atomic mass is 79.9. The van der Waals surface area contributed by atoms with Gasteiger partial charge in [0.2, 0.25) is 5.28 Å². The predicted octanol–water partition coefficient (Wildman–Crippen LogP) is 3.74. The Morgan fingerprint density at radius 3 is 2.39 bits per heavy atom. The molecule has 0 aliphatic heterocycles. The summed E-state index contributed by atoms with van der Waals surface area (Å²) in [7, 11) is 0. The number of aromatic nitrogens is 3. The van der Waals surface area contributed by atoms with Gasteiger partial charge in [-0.1, -0.05) is 28.1 Å². The summed E-state index contributed by atoms with van der Waals surface area (Å²) in [6, 6.07) is 7.86. The number of nitrogens with zero attached hydrogens (tertiary/aromatic N) is 3. The summed E-state index contributed by atoms with van der Waals surface area (Å²) in [6.07, 6.45) is -0.0127. The number of ether oxygens (including phenoxy) is 1. The number of hydrogen-bond acceptors (Lipinski definition) is 4. The molecule has 2 rings (SSSR count). The molecule has 0 aliphatic rings. The summed E-state index contributed by atoms with van der Waals surface area (Å²) >= 11 is 9.24. The Balaban J connectivity index is 2.38. The Bertz CT molecular complexity index is 546. The Morgan fingerprint density at radius 2 is 1.78 bits per heavy atom. The summed E-state index contributed by atoms with van der Waals surface area (Å²) in [5.74, 6) is 0.498. The van der Waals surface area contributed by atoms with Crippen LogP contribution in [0, 0.1) is 0 Å². The van der Waals surface area contributed by atoms with E-state index in [0.717, 1.165) is 10.0 Å². The normalized spacial score (nSPS) is 10.7. The lowest BCUT2D eigenvalue weighted by molar-refractivity contribution is 0.222. The van der Waals surface area contributed by atoms with Gasteiger partial charge in [-0.2, -0.15) is 15.0 Å². The first-order valence-electron chi connectivity index (χ1n) is 5.39. The molecule has 18 heavy (non-hydrogen) atoms. The molecule has 0 spiro atoms. The van der Waals surface area contributed by atoms with E-state index in [-0.39, 0.29) is 17.4 Å². The first kappa shape index (κ1) is 13.2. The molecule has 6 heteroatoms. The zero-order valence-electron chi connectivity index (χ0n) is 9.89. The van der Waals surface area contributed by atoms with Crippen LogP contribution >= 0.6 is 27.5 Å². The molecule has 1 aromatic heterocycles. The van der Waals surface area contributed by atoms with Gasteiger partial charge in [-0.3, -0.25) is 0 Å². The number of benzene rings is 1. The summed E-state index contributed by atoms with van der Waals surface area (Å²) in [4.78, 5) is 12.2. The SMILES string of the molecule is CC(C)Oc1nc(Cl)nc(-c2ccc(Br)cc2)n1. The van der Waals surface area contributed by atoms with Crippen molar-refractivity contribution in [1.82, 2.24) is 15.0 Å². The van der Waals surface area contributed by atoms with E-state index in [1.165, 1.54) is 0 Å². The number of hydrogen-bond donors (Lipinski definition) is 0. The Hall–Kier alpha value is -1.20. The molecule has 0 N–H and O–H groups in total. The molecule has 0 saturated heterocycles. The Labute approximate surface area is 119 Å². The van der Waals surface area contributed by atoms with Gasteiger partial charge in [0.1, 0.15) is 0 Å². The zero-order valence-corrected chi connectivity index (χ0v) is 12.2. The van der Waals surface area contributed by atoms with Crippen LogP contribution in [0.3, 0.4) is 0 Å². The Kier molecular flexibility index (Phi) is 4.14. The van der Waals surface area contributed by atoms with Crippen molar-refractivity contribution in [2.45, 2.75) is 20.0 Å². The average molecular weight is 329 g/mol. The van der Waals surface area contributed by atoms with E-state index in [4.69, 9.17) is 16.3 Å². The van der Waals surface area contributed by atoms with Crippen molar-refractivity contribution in [3.05, 3.63) is 34.0 Å². The minimum atomic E-state index is -0.0127. The molecule has 0 atom stereocenters. The lowest BCUT2D eigenvalue weighted by Gasteiger charge is -2.08. The van der Waals surface area contributed by atoms with Gasteiger partial charge >= 0.3 is 6.01 Å². The fourth-order valence-electron chi connectivity index (χ4n) is 1.32. The standard InChI is InChI=1S/C12H11BrClN3O/c1-7(2)18-12-16-10(15-11(14)17-12)8-3-5-9(13)6-4-8/h3-7H,1-2H3. The average Bonchev–Trinajstić information content (AvgIpc) is 2.28. The molecular weight excluding hydrogens is 318 g/mol. The van der Waals surface area contributed by atoms with E-state index in [9.17, 15) is 0 Å². The lowest BCUT2D eigenvalue weighted by atomic mass is 10.2. The minimum absolute atomic E-state index is 0.0127. The summed E-state index contributed by atoms with van der Waals surface area (Å²) in [5.41, 5.74) is 0.858. The molecule has 0 bridgehead atoms. The third-order valence-corrected chi connectivity index (χ3v) is 2.73. The van der Waals surface area contributed by atoms with Crippen molar-refractivity contribution in [3.63, 3.8) is 0 Å². The molecule has 2 aromatic rings. The van der Waals surface area contributed by atoms with Gasteiger partial charge in [0.05, 0.1) is 6.10 Å². The van der Waals surface area contributed by atoms with Gasteiger partial charge in [-0.15, -0.1) is 0 Å². The van der Waals surface area contributed by atoms with Crippen molar-refractivity contribution in [1.29, 1.82) is 0 Å². The van der Waals surface area contributed by atoms with Gasteiger partial charge < -0.3 is 4.74 Å². The molecule has 0 amide bonds. The van der Waals surface area contributed by atoms with Gasteiger partial charge in [0.25, 0.3) is 0 Å². The molecule has 0 radical (unpaired) electrons. The third-order valence-electron chi connectivity index (χ3n) is 2.03. The third kappa shape index (κ3) is 3.40. The highest BCUT2D eigenvalue weighted by Gasteiger charge is 2.09. The first-order chi connectivity index (χ1) is 8.54. The van der Waals surface area contributed by atoms with E-state index in [1.54, 1.807) is 0 Å². The fraction of sp³-hybridized carbons (Fsp3) is 0.250. The highest BCUT2D eigenvalue weighted by Crippen LogP contribution is 2.21. The van der Waals surface area contributed by atoms with Crippen LogP contribution < -0.4 is 4.74 Å². The second-order valence-electron chi connectivity index (χ2n) is 3.88. The first-order valence-corrected chi connectivity index (χ1v) is 6.56. The smallest absolute Gasteiger partial charge is 0.321 e. The maximum Gasteiger partial charge on any atom is 0.321 e. The monoisotopic (exact) mass is 327 g/mol. The molecular formula is C12H11BrClN3O. The second kappa shape index (κ2) is 5.63. The van der Waals surface area contributed by atoms with Crippen molar-refractivity contribution in [2.75, 3.05) is 0 Å². The van der Waals surface area contributed by atoms with Crippen LogP contribution in [0.5, 0.6) is 6.01 Å². The van der Waals surface area contributed by atoms with E-state index in [1.807, 2.05) is 38.1 Å². The molecule has 0 saturated carbocycles. The van der Waals surface area contributed by atoms with Crippen molar-refractivity contribution < 1.29 is 4.74 Å². The lowest BCUT2D eigenvalue weighted by Crippen LogP contribution is -2.09. The molecule has 0 fully saturated rings. The van der Waals surface area contributed by atoms with Gasteiger partial charge in [0, 0.05) is 10.0 Å². The Morgan fingerprint density at radius 1 is 1.11 bits per heavy atom. The fourth-order valence-corrected chi connectivity index (χ4v) is 1.74. The maximum absolute atomic E-state index is 5.86. The van der Waals surface area contributed by atoms with Crippen LogP contribution in [0.15, 0.2) is 28.7 Å². The van der Waals surface area contributed by atoms with Crippen LogP contribution in [-0.2, 0) is 0 Å². The van der Waals surface area contributed by atoms with Crippen molar-refractivity contribution >= 4 is 27.5 Å². The summed E-state index contributed by atoms with van der Waals surface area (Å²) in [6.45, 7) is 3.80. The van der Waals surface area contributed by atoms with Crippen LogP contribution in [-0.4, -0.2) is 21.1 Å². The van der Waals surface area contributed by atoms with Crippen LogP contribution in [0.1, 0.15) is 13.8 Å². The van der Waals surface area contributed by atoms with Gasteiger partial charge in [-0.05, 0) is 37.6 Å². The topological polar surface area (TPSA) is 47.9 Å². The van der Waals surface area contributed by atoms with E-state index < -0.39 is 0 Å². The number of halogens is 2. The molecule has 0 aliphatic carbocycles. The van der Waals surface area contributed by atoms with Crippen LogP contribution in [0.4, 0.5) is 0 Å². The number of rotatable bonds is 3.